The number of rotatable bonds is 2. The quantitative estimate of drug-likeness (QED) is 0.656. The Morgan fingerprint density at radius 3 is 3.24 bits per heavy atom. The largest absolute Gasteiger partial charge is 0.481 e. The lowest BCUT2D eigenvalue weighted by Crippen LogP contribution is -2.27. The molecule has 2 aliphatic rings. The number of carboxylic acid groups (broad SMARTS) is 1. The summed E-state index contributed by atoms with van der Waals surface area (Å²) in [6, 6.07) is 0.503. The average Bonchev–Trinajstić information content (AvgIpc) is 2.90. The van der Waals surface area contributed by atoms with E-state index in [0.717, 1.165) is 5.69 Å². The molecule has 1 aromatic rings. The Kier molecular flexibility index (Phi) is 2.07. The molecule has 0 aliphatic carbocycles. The minimum atomic E-state index is -1.10. The van der Waals surface area contributed by atoms with Crippen LogP contribution in [0.3, 0.4) is 0 Å². The summed E-state index contributed by atoms with van der Waals surface area (Å²) >= 11 is 0. The van der Waals surface area contributed by atoms with Crippen LogP contribution in [0.15, 0.2) is 6.20 Å². The van der Waals surface area contributed by atoms with Gasteiger partial charge in [0.25, 0.3) is 6.01 Å². The molecule has 17 heavy (non-hydrogen) atoms. The highest BCUT2D eigenvalue weighted by atomic mass is 16.5. The van der Waals surface area contributed by atoms with Crippen molar-refractivity contribution in [2.24, 2.45) is 5.92 Å². The lowest BCUT2D eigenvalue weighted by atomic mass is 9.93. The number of carbonyl (C=O) groups excluding carboxylic acids is 1. The summed E-state index contributed by atoms with van der Waals surface area (Å²) in [6.45, 7) is 1.53. The van der Waals surface area contributed by atoms with Crippen LogP contribution in [-0.2, 0) is 16.1 Å². The second-order valence-electron chi connectivity index (χ2n) is 4.13. The fourth-order valence-electron chi connectivity index (χ4n) is 2.42. The molecule has 3 heterocycles. The summed E-state index contributed by atoms with van der Waals surface area (Å²) in [5.41, 5.74) is 0.753. The number of hydrogen-bond acceptors (Lipinski definition) is 4. The molecule has 0 radical (unpaired) electrons. The summed E-state index contributed by atoms with van der Waals surface area (Å²) in [7, 11) is 0. The zero-order valence-corrected chi connectivity index (χ0v) is 8.92. The van der Waals surface area contributed by atoms with Crippen molar-refractivity contribution in [1.82, 2.24) is 14.9 Å². The number of aliphatic carboxylic acids is 1. The molecule has 1 aromatic heterocycles. The predicted octanol–water partition coefficient (Wildman–Crippen LogP) is -0.810. The number of nitrogens with zero attached hydrogens (tertiary/aromatic N) is 2. The van der Waals surface area contributed by atoms with E-state index < -0.39 is 17.8 Å². The van der Waals surface area contributed by atoms with Crippen LogP contribution in [0.4, 0.5) is 0 Å². The van der Waals surface area contributed by atoms with Crippen molar-refractivity contribution in [3.8, 4) is 6.01 Å². The van der Waals surface area contributed by atoms with Gasteiger partial charge in [0, 0.05) is 18.2 Å². The number of aromatic nitrogens is 2. The minimum absolute atomic E-state index is 0.334. The SMILES string of the molecule is O=C(O)C1C(=O)NCC1c1cnc2n1CCO2. The highest BCUT2D eigenvalue weighted by Crippen LogP contribution is 2.32. The van der Waals surface area contributed by atoms with Crippen LogP contribution in [0.5, 0.6) is 6.01 Å². The van der Waals surface area contributed by atoms with E-state index in [1.807, 2.05) is 4.57 Å². The molecule has 2 unspecified atom stereocenters. The number of nitrogens with one attached hydrogen (secondary N) is 1. The minimum Gasteiger partial charge on any atom is -0.481 e. The van der Waals surface area contributed by atoms with E-state index in [1.54, 1.807) is 6.20 Å². The van der Waals surface area contributed by atoms with Crippen LogP contribution in [0.2, 0.25) is 0 Å². The second-order valence-corrected chi connectivity index (χ2v) is 4.13. The van der Waals surface area contributed by atoms with Gasteiger partial charge in [-0.1, -0.05) is 0 Å². The third-order valence-corrected chi connectivity index (χ3v) is 3.22. The summed E-state index contributed by atoms with van der Waals surface area (Å²) in [5.74, 6) is -2.93. The molecular formula is C10H11N3O4. The van der Waals surface area contributed by atoms with E-state index in [4.69, 9.17) is 9.84 Å². The maximum atomic E-state index is 11.5. The number of carboxylic acids is 1. The van der Waals surface area contributed by atoms with Crippen LogP contribution in [-0.4, -0.2) is 39.7 Å². The van der Waals surface area contributed by atoms with Crippen LogP contribution >= 0.6 is 0 Å². The lowest BCUT2D eigenvalue weighted by Gasteiger charge is -2.13. The summed E-state index contributed by atoms with van der Waals surface area (Å²) in [6.07, 6.45) is 1.59. The first-order valence-corrected chi connectivity index (χ1v) is 5.37. The topological polar surface area (TPSA) is 93.5 Å². The molecule has 0 saturated carbocycles. The first kappa shape index (κ1) is 10.1. The fourth-order valence-corrected chi connectivity index (χ4v) is 2.42. The monoisotopic (exact) mass is 237 g/mol. The van der Waals surface area contributed by atoms with Crippen molar-refractivity contribution >= 4 is 11.9 Å². The molecule has 0 spiro atoms. The summed E-state index contributed by atoms with van der Waals surface area (Å²) < 4.78 is 7.09. The molecule has 2 aliphatic heterocycles. The molecule has 3 rings (SSSR count). The van der Waals surface area contributed by atoms with E-state index in [9.17, 15) is 9.59 Å². The van der Waals surface area contributed by atoms with Gasteiger partial charge in [0.15, 0.2) is 0 Å². The van der Waals surface area contributed by atoms with Gasteiger partial charge in [0.2, 0.25) is 5.91 Å². The molecule has 1 fully saturated rings. The van der Waals surface area contributed by atoms with Gasteiger partial charge < -0.3 is 15.2 Å². The average molecular weight is 237 g/mol. The van der Waals surface area contributed by atoms with E-state index in [0.29, 0.717) is 25.7 Å². The van der Waals surface area contributed by atoms with Crippen LogP contribution < -0.4 is 10.1 Å². The fraction of sp³-hybridized carbons (Fsp3) is 0.500. The van der Waals surface area contributed by atoms with Crippen molar-refractivity contribution in [2.75, 3.05) is 13.2 Å². The van der Waals surface area contributed by atoms with Crippen molar-refractivity contribution in [2.45, 2.75) is 12.5 Å². The number of amides is 1. The van der Waals surface area contributed by atoms with Crippen LogP contribution in [0.1, 0.15) is 11.6 Å². The predicted molar refractivity (Wildman–Crippen MR) is 54.6 cm³/mol. The molecule has 1 saturated heterocycles. The number of carbonyl (C=O) groups is 2. The normalized spacial score (nSPS) is 26.5. The van der Waals surface area contributed by atoms with Gasteiger partial charge in [-0.15, -0.1) is 0 Å². The van der Waals surface area contributed by atoms with Crippen molar-refractivity contribution in [1.29, 1.82) is 0 Å². The van der Waals surface area contributed by atoms with Crippen molar-refractivity contribution < 1.29 is 19.4 Å². The van der Waals surface area contributed by atoms with Gasteiger partial charge in [-0.05, 0) is 0 Å². The Hall–Kier alpha value is -2.05. The smallest absolute Gasteiger partial charge is 0.316 e. The van der Waals surface area contributed by atoms with Gasteiger partial charge >= 0.3 is 5.97 Å². The maximum absolute atomic E-state index is 11.5. The Labute approximate surface area is 96.4 Å². The molecule has 7 nitrogen and oxygen atoms in total. The van der Waals surface area contributed by atoms with Gasteiger partial charge in [-0.25, -0.2) is 4.98 Å². The molecular weight excluding hydrogens is 226 g/mol. The van der Waals surface area contributed by atoms with Gasteiger partial charge in [-0.3, -0.25) is 14.2 Å². The number of imidazole rings is 1. The molecule has 7 heteroatoms. The molecule has 90 valence electrons. The van der Waals surface area contributed by atoms with Crippen LogP contribution in [0.25, 0.3) is 0 Å². The number of fused-ring (bicyclic) bond motifs is 1. The van der Waals surface area contributed by atoms with Gasteiger partial charge in [0.05, 0.1) is 12.7 Å². The Morgan fingerprint density at radius 1 is 1.65 bits per heavy atom. The molecule has 0 aromatic carbocycles. The van der Waals surface area contributed by atoms with Crippen molar-refractivity contribution in [3.05, 3.63) is 11.9 Å². The molecule has 2 atom stereocenters. The first-order chi connectivity index (χ1) is 8.18. The Morgan fingerprint density at radius 2 is 2.47 bits per heavy atom. The zero-order valence-electron chi connectivity index (χ0n) is 8.92. The molecule has 2 N–H and O–H groups in total. The van der Waals surface area contributed by atoms with E-state index >= 15 is 0 Å². The summed E-state index contributed by atoms with van der Waals surface area (Å²) in [5, 5.41) is 11.7. The van der Waals surface area contributed by atoms with Crippen LogP contribution in [0, 0.1) is 5.92 Å². The summed E-state index contributed by atoms with van der Waals surface area (Å²) in [4.78, 5) is 26.6. The molecule has 0 bridgehead atoms. The number of hydrogen-bond donors (Lipinski definition) is 2. The highest BCUT2D eigenvalue weighted by molar-refractivity contribution is 5.99. The zero-order chi connectivity index (χ0) is 12.0. The van der Waals surface area contributed by atoms with Gasteiger partial charge in [-0.2, -0.15) is 0 Å². The number of ether oxygens (including phenoxy) is 1. The lowest BCUT2D eigenvalue weighted by molar-refractivity contribution is -0.145. The maximum Gasteiger partial charge on any atom is 0.316 e. The van der Waals surface area contributed by atoms with E-state index in [1.165, 1.54) is 0 Å². The second kappa shape index (κ2) is 3.47. The first-order valence-electron chi connectivity index (χ1n) is 5.37. The third-order valence-electron chi connectivity index (χ3n) is 3.22. The standard InChI is InChI=1S/C10H11N3O4/c14-8-7(9(15)16)5(3-11-8)6-4-12-10-13(6)1-2-17-10/h4-5,7H,1-3H2,(H,11,14)(H,15,16). The Bertz CT molecular complexity index is 496. The van der Waals surface area contributed by atoms with E-state index in [-0.39, 0.29) is 5.92 Å². The van der Waals surface area contributed by atoms with E-state index in [2.05, 4.69) is 10.3 Å². The van der Waals surface area contributed by atoms with Crippen molar-refractivity contribution in [3.63, 3.8) is 0 Å². The third kappa shape index (κ3) is 1.38. The van der Waals surface area contributed by atoms with Gasteiger partial charge in [0.1, 0.15) is 12.5 Å². The Balaban J connectivity index is 1.98. The highest BCUT2D eigenvalue weighted by Gasteiger charge is 2.43. The molecule has 1 amide bonds.